The summed E-state index contributed by atoms with van der Waals surface area (Å²) in [5.74, 6) is 0.419. The van der Waals surface area contributed by atoms with Crippen LogP contribution >= 0.6 is 11.6 Å². The van der Waals surface area contributed by atoms with E-state index >= 15 is 0 Å². The zero-order chi connectivity index (χ0) is 16.3. The van der Waals surface area contributed by atoms with Crippen LogP contribution in [0.4, 0.5) is 11.5 Å². The topological polar surface area (TPSA) is 89.1 Å². The summed E-state index contributed by atoms with van der Waals surface area (Å²) in [7, 11) is 5.78. The van der Waals surface area contributed by atoms with E-state index in [0.717, 1.165) is 5.56 Å². The van der Waals surface area contributed by atoms with Gasteiger partial charge in [0.25, 0.3) is 5.69 Å². The molecule has 2 heterocycles. The molecule has 8 nitrogen and oxygen atoms in total. The Balaban J connectivity index is 2.11. The quantitative estimate of drug-likeness (QED) is 0.646. The smallest absolute Gasteiger partial charge is 0.289 e. The van der Waals surface area contributed by atoms with Crippen LogP contribution in [-0.4, -0.2) is 45.2 Å². The number of anilines is 1. The van der Waals surface area contributed by atoms with Crippen LogP contribution in [0.15, 0.2) is 24.7 Å². The highest BCUT2D eigenvalue weighted by atomic mass is 35.5. The lowest BCUT2D eigenvalue weighted by Crippen LogP contribution is -2.26. The van der Waals surface area contributed by atoms with E-state index in [9.17, 15) is 10.1 Å². The first kappa shape index (κ1) is 16.2. The monoisotopic (exact) mass is 324 g/mol. The SMILES string of the molecule is CN(C)C(CNc1ncc([N+](=O)[O-])cc1Cl)c1cnn(C)c1. The van der Waals surface area contributed by atoms with Gasteiger partial charge in [0.1, 0.15) is 12.0 Å². The molecular formula is C13H17ClN6O2. The molecule has 118 valence electrons. The van der Waals surface area contributed by atoms with Crippen LogP contribution in [-0.2, 0) is 7.05 Å². The van der Waals surface area contributed by atoms with Crippen LogP contribution in [0.2, 0.25) is 5.02 Å². The summed E-state index contributed by atoms with van der Waals surface area (Å²) >= 11 is 6.03. The van der Waals surface area contributed by atoms with Crippen molar-refractivity contribution in [2.24, 2.45) is 7.05 Å². The number of pyridine rings is 1. The molecule has 0 aliphatic rings. The Kier molecular flexibility index (Phi) is 4.94. The van der Waals surface area contributed by atoms with Crippen LogP contribution in [0.3, 0.4) is 0 Å². The van der Waals surface area contributed by atoms with E-state index in [1.54, 1.807) is 10.9 Å². The predicted octanol–water partition coefficient (Wildman–Crippen LogP) is 2.09. The Morgan fingerprint density at radius 3 is 2.73 bits per heavy atom. The van der Waals surface area contributed by atoms with E-state index in [1.807, 2.05) is 32.2 Å². The maximum atomic E-state index is 10.7. The summed E-state index contributed by atoms with van der Waals surface area (Å²) in [6.45, 7) is 0.545. The van der Waals surface area contributed by atoms with Crippen LogP contribution in [0.25, 0.3) is 0 Å². The minimum atomic E-state index is -0.527. The van der Waals surface area contributed by atoms with Gasteiger partial charge in [-0.05, 0) is 14.1 Å². The van der Waals surface area contributed by atoms with Gasteiger partial charge in [-0.15, -0.1) is 0 Å². The third-order valence-corrected chi connectivity index (χ3v) is 3.52. The van der Waals surface area contributed by atoms with Crippen LogP contribution in [0, 0.1) is 10.1 Å². The fraction of sp³-hybridized carbons (Fsp3) is 0.385. The van der Waals surface area contributed by atoms with Crippen molar-refractivity contribution in [1.29, 1.82) is 0 Å². The van der Waals surface area contributed by atoms with Gasteiger partial charge in [0, 0.05) is 31.4 Å². The molecule has 0 fully saturated rings. The molecule has 0 spiro atoms. The number of hydrogen-bond acceptors (Lipinski definition) is 6. The maximum Gasteiger partial charge on any atom is 0.289 e. The lowest BCUT2D eigenvalue weighted by molar-refractivity contribution is -0.385. The molecule has 1 unspecified atom stereocenters. The number of hydrogen-bond donors (Lipinski definition) is 1. The Morgan fingerprint density at radius 1 is 1.50 bits per heavy atom. The molecule has 0 amide bonds. The van der Waals surface area contributed by atoms with E-state index in [1.165, 1.54) is 12.3 Å². The van der Waals surface area contributed by atoms with Crippen LogP contribution < -0.4 is 5.32 Å². The van der Waals surface area contributed by atoms with Gasteiger partial charge in [0.2, 0.25) is 0 Å². The first-order chi connectivity index (χ1) is 10.4. The van der Waals surface area contributed by atoms with Crippen molar-refractivity contribution >= 4 is 23.1 Å². The highest BCUT2D eigenvalue weighted by Gasteiger charge is 2.17. The number of aryl methyl sites for hydroxylation is 1. The molecule has 0 saturated heterocycles. The molecule has 0 bridgehead atoms. The summed E-state index contributed by atoms with van der Waals surface area (Å²) in [5.41, 5.74) is 0.921. The molecule has 9 heteroatoms. The van der Waals surface area contributed by atoms with Crippen LogP contribution in [0.1, 0.15) is 11.6 Å². The second kappa shape index (κ2) is 6.71. The van der Waals surface area contributed by atoms with E-state index in [-0.39, 0.29) is 16.8 Å². The first-order valence-electron chi connectivity index (χ1n) is 6.57. The van der Waals surface area contributed by atoms with Gasteiger partial charge in [0.15, 0.2) is 0 Å². The molecule has 0 saturated carbocycles. The average Bonchev–Trinajstić information content (AvgIpc) is 2.86. The highest BCUT2D eigenvalue weighted by molar-refractivity contribution is 6.33. The molecule has 22 heavy (non-hydrogen) atoms. The van der Waals surface area contributed by atoms with Crippen molar-refractivity contribution in [3.8, 4) is 0 Å². The number of nitrogens with zero attached hydrogens (tertiary/aromatic N) is 5. The third kappa shape index (κ3) is 3.71. The Bertz CT molecular complexity index is 672. The molecule has 2 aromatic heterocycles. The van der Waals surface area contributed by atoms with Crippen molar-refractivity contribution in [3.63, 3.8) is 0 Å². The second-order valence-electron chi connectivity index (χ2n) is 5.09. The number of likely N-dealkylation sites (N-methyl/N-ethyl adjacent to an activating group) is 1. The standard InChI is InChI=1S/C13H17ClN6O2/c1-18(2)12(9-5-17-19(3)8-9)7-16-13-11(14)4-10(6-15-13)20(21)22/h4-6,8,12H,7H2,1-3H3,(H,15,16). The van der Waals surface area contributed by atoms with Gasteiger partial charge in [-0.2, -0.15) is 5.10 Å². The molecule has 0 aliphatic carbocycles. The van der Waals surface area contributed by atoms with Crippen molar-refractivity contribution in [1.82, 2.24) is 19.7 Å². The first-order valence-corrected chi connectivity index (χ1v) is 6.95. The van der Waals surface area contributed by atoms with E-state index < -0.39 is 4.92 Å². The minimum absolute atomic E-state index is 0.0711. The fourth-order valence-electron chi connectivity index (χ4n) is 2.06. The van der Waals surface area contributed by atoms with Gasteiger partial charge in [0.05, 0.1) is 22.2 Å². The largest absolute Gasteiger partial charge is 0.367 e. The summed E-state index contributed by atoms with van der Waals surface area (Å²) in [6.07, 6.45) is 4.93. The van der Waals surface area contributed by atoms with Crippen molar-refractivity contribution in [3.05, 3.63) is 45.4 Å². The highest BCUT2D eigenvalue weighted by Crippen LogP contribution is 2.25. The second-order valence-corrected chi connectivity index (χ2v) is 5.50. The minimum Gasteiger partial charge on any atom is -0.367 e. The number of halogens is 1. The third-order valence-electron chi connectivity index (χ3n) is 3.23. The van der Waals surface area contributed by atoms with E-state index in [2.05, 4.69) is 15.4 Å². The molecule has 0 radical (unpaired) electrons. The van der Waals surface area contributed by atoms with Gasteiger partial charge in [-0.3, -0.25) is 14.8 Å². The Hall–Kier alpha value is -2.19. The van der Waals surface area contributed by atoms with E-state index in [0.29, 0.717) is 12.4 Å². The molecule has 1 N–H and O–H groups in total. The van der Waals surface area contributed by atoms with Gasteiger partial charge < -0.3 is 10.2 Å². The average molecular weight is 325 g/mol. The summed E-state index contributed by atoms with van der Waals surface area (Å²) in [5, 5.41) is 18.2. The Morgan fingerprint density at radius 2 is 2.23 bits per heavy atom. The molecule has 0 aliphatic heterocycles. The number of nitrogens with one attached hydrogen (secondary N) is 1. The molecule has 0 aromatic carbocycles. The fourth-order valence-corrected chi connectivity index (χ4v) is 2.29. The number of aromatic nitrogens is 3. The molecular weight excluding hydrogens is 308 g/mol. The van der Waals surface area contributed by atoms with Crippen molar-refractivity contribution in [2.45, 2.75) is 6.04 Å². The van der Waals surface area contributed by atoms with Gasteiger partial charge >= 0.3 is 0 Å². The summed E-state index contributed by atoms with van der Waals surface area (Å²) in [4.78, 5) is 16.2. The zero-order valence-electron chi connectivity index (χ0n) is 12.5. The van der Waals surface area contributed by atoms with Crippen molar-refractivity contribution in [2.75, 3.05) is 26.0 Å². The Labute approximate surface area is 132 Å². The molecule has 2 rings (SSSR count). The van der Waals surface area contributed by atoms with Crippen LogP contribution in [0.5, 0.6) is 0 Å². The zero-order valence-corrected chi connectivity index (χ0v) is 13.3. The lowest BCUT2D eigenvalue weighted by atomic mass is 10.1. The lowest BCUT2D eigenvalue weighted by Gasteiger charge is -2.24. The predicted molar refractivity (Wildman–Crippen MR) is 84.0 cm³/mol. The summed E-state index contributed by atoms with van der Waals surface area (Å²) in [6, 6.07) is 1.35. The van der Waals surface area contributed by atoms with Crippen molar-refractivity contribution < 1.29 is 4.92 Å². The number of nitro groups is 1. The number of rotatable bonds is 6. The normalized spacial score (nSPS) is 12.4. The summed E-state index contributed by atoms with van der Waals surface area (Å²) < 4.78 is 1.74. The van der Waals surface area contributed by atoms with Gasteiger partial charge in [-0.25, -0.2) is 4.98 Å². The van der Waals surface area contributed by atoms with E-state index in [4.69, 9.17) is 11.6 Å². The molecule has 1 atom stereocenters. The van der Waals surface area contributed by atoms with Gasteiger partial charge in [-0.1, -0.05) is 11.6 Å². The maximum absolute atomic E-state index is 10.7. The molecule has 2 aromatic rings.